The summed E-state index contributed by atoms with van der Waals surface area (Å²) in [6.07, 6.45) is 1.89. The Bertz CT molecular complexity index is 599. The van der Waals surface area contributed by atoms with Crippen LogP contribution in [0.15, 0.2) is 18.2 Å². The Morgan fingerprint density at radius 1 is 1.36 bits per heavy atom. The molecular formula is C19H29N3O3. The van der Waals surface area contributed by atoms with Crippen molar-refractivity contribution in [3.8, 4) is 0 Å². The van der Waals surface area contributed by atoms with Crippen LogP contribution >= 0.6 is 0 Å². The number of aromatic nitrogens is 1. The molecule has 0 aliphatic carbocycles. The number of likely N-dealkylation sites (tertiary alicyclic amines) is 1. The zero-order valence-corrected chi connectivity index (χ0v) is 15.5. The lowest BCUT2D eigenvalue weighted by Gasteiger charge is -2.51. The van der Waals surface area contributed by atoms with Crippen molar-refractivity contribution in [2.24, 2.45) is 0 Å². The van der Waals surface area contributed by atoms with E-state index in [4.69, 9.17) is 9.47 Å². The quantitative estimate of drug-likeness (QED) is 0.810. The summed E-state index contributed by atoms with van der Waals surface area (Å²) < 4.78 is 11.3. The molecule has 138 valence electrons. The molecule has 3 rings (SSSR count). The normalized spacial score (nSPS) is 24.0. The van der Waals surface area contributed by atoms with Crippen molar-refractivity contribution in [1.82, 2.24) is 14.8 Å². The monoisotopic (exact) mass is 347 g/mol. The zero-order valence-electron chi connectivity index (χ0n) is 15.5. The van der Waals surface area contributed by atoms with Crippen molar-refractivity contribution in [2.75, 3.05) is 40.0 Å². The third-order valence-corrected chi connectivity index (χ3v) is 5.62. The molecule has 25 heavy (non-hydrogen) atoms. The van der Waals surface area contributed by atoms with E-state index in [1.807, 2.05) is 30.0 Å². The number of carbonyl (C=O) groups is 1. The first-order valence-corrected chi connectivity index (χ1v) is 9.11. The molecule has 1 spiro atoms. The highest BCUT2D eigenvalue weighted by atomic mass is 16.5. The number of amides is 1. The first kappa shape index (κ1) is 18.3. The lowest BCUT2D eigenvalue weighted by Crippen LogP contribution is -2.63. The first-order chi connectivity index (χ1) is 12.0. The van der Waals surface area contributed by atoms with Gasteiger partial charge in [0.25, 0.3) is 0 Å². The van der Waals surface area contributed by atoms with Gasteiger partial charge in [-0.3, -0.25) is 9.78 Å². The second kappa shape index (κ2) is 7.81. The minimum Gasteiger partial charge on any atom is -0.383 e. The summed E-state index contributed by atoms with van der Waals surface area (Å²) in [5, 5.41) is 0. The fraction of sp³-hybridized carbons (Fsp3) is 0.684. The summed E-state index contributed by atoms with van der Waals surface area (Å²) in [6.45, 7) is 8.51. The van der Waals surface area contributed by atoms with Gasteiger partial charge in [0, 0.05) is 32.4 Å². The molecule has 0 unspecified atom stereocenters. The van der Waals surface area contributed by atoms with E-state index in [2.05, 4.69) is 16.8 Å². The number of carbonyl (C=O) groups excluding carboxylic acids is 1. The third-order valence-electron chi connectivity index (χ3n) is 5.62. The SMILES string of the molecule is COCCN1CCC2(CC1)OCC(=O)N(Cc1cccc(C)n1)[C@H]2C. The Kier molecular flexibility index (Phi) is 5.71. The van der Waals surface area contributed by atoms with Gasteiger partial charge < -0.3 is 19.3 Å². The number of nitrogens with zero attached hydrogens (tertiary/aromatic N) is 3. The maximum absolute atomic E-state index is 12.5. The maximum atomic E-state index is 12.5. The molecule has 3 heterocycles. The van der Waals surface area contributed by atoms with Crippen molar-refractivity contribution in [2.45, 2.75) is 44.9 Å². The predicted molar refractivity (Wildman–Crippen MR) is 95.2 cm³/mol. The van der Waals surface area contributed by atoms with Crippen LogP contribution in [0.25, 0.3) is 0 Å². The van der Waals surface area contributed by atoms with Crippen LogP contribution in [0.5, 0.6) is 0 Å². The van der Waals surface area contributed by atoms with Crippen molar-refractivity contribution < 1.29 is 14.3 Å². The molecule has 6 nitrogen and oxygen atoms in total. The summed E-state index contributed by atoms with van der Waals surface area (Å²) in [4.78, 5) is 21.4. The molecule has 2 saturated heterocycles. The van der Waals surface area contributed by atoms with Crippen LogP contribution in [0.3, 0.4) is 0 Å². The van der Waals surface area contributed by atoms with Gasteiger partial charge in [-0.1, -0.05) is 6.07 Å². The zero-order chi connectivity index (χ0) is 17.9. The number of rotatable bonds is 5. The molecule has 1 atom stereocenters. The average Bonchev–Trinajstić information content (AvgIpc) is 2.62. The molecule has 0 N–H and O–H groups in total. The van der Waals surface area contributed by atoms with Crippen LogP contribution in [0, 0.1) is 6.92 Å². The number of morpholine rings is 1. The molecule has 2 aliphatic heterocycles. The lowest BCUT2D eigenvalue weighted by atomic mass is 9.82. The molecule has 0 bridgehead atoms. The highest BCUT2D eigenvalue weighted by molar-refractivity contribution is 5.78. The Morgan fingerprint density at radius 2 is 2.12 bits per heavy atom. The van der Waals surface area contributed by atoms with Crippen LogP contribution in [-0.2, 0) is 20.8 Å². The number of methoxy groups -OCH3 is 1. The maximum Gasteiger partial charge on any atom is 0.249 e. The third kappa shape index (κ3) is 4.02. The number of piperidine rings is 1. The van der Waals surface area contributed by atoms with E-state index >= 15 is 0 Å². The fourth-order valence-corrected chi connectivity index (χ4v) is 3.93. The van der Waals surface area contributed by atoms with Gasteiger partial charge >= 0.3 is 0 Å². The molecule has 0 saturated carbocycles. The molecule has 0 radical (unpaired) electrons. The van der Waals surface area contributed by atoms with E-state index < -0.39 is 0 Å². The summed E-state index contributed by atoms with van der Waals surface area (Å²) in [7, 11) is 1.74. The van der Waals surface area contributed by atoms with Crippen molar-refractivity contribution in [3.63, 3.8) is 0 Å². The second-order valence-electron chi connectivity index (χ2n) is 7.16. The van der Waals surface area contributed by atoms with Gasteiger partial charge in [-0.25, -0.2) is 0 Å². The molecule has 0 aromatic carbocycles. The van der Waals surface area contributed by atoms with Gasteiger partial charge in [-0.15, -0.1) is 0 Å². The summed E-state index contributed by atoms with van der Waals surface area (Å²) in [5.74, 6) is 0.0586. The van der Waals surface area contributed by atoms with E-state index in [9.17, 15) is 4.79 Å². The van der Waals surface area contributed by atoms with E-state index in [1.54, 1.807) is 7.11 Å². The van der Waals surface area contributed by atoms with Gasteiger partial charge in [-0.05, 0) is 38.8 Å². The van der Waals surface area contributed by atoms with Crippen LogP contribution in [0.4, 0.5) is 0 Å². The minimum absolute atomic E-state index is 0.0561. The Balaban J connectivity index is 1.68. The van der Waals surface area contributed by atoms with Crippen molar-refractivity contribution in [3.05, 3.63) is 29.6 Å². The summed E-state index contributed by atoms with van der Waals surface area (Å²) >= 11 is 0. The smallest absolute Gasteiger partial charge is 0.249 e. The molecular weight excluding hydrogens is 318 g/mol. The predicted octanol–water partition coefficient (Wildman–Crippen LogP) is 1.62. The highest BCUT2D eigenvalue weighted by Gasteiger charge is 2.47. The van der Waals surface area contributed by atoms with E-state index in [0.29, 0.717) is 6.54 Å². The topological polar surface area (TPSA) is 54.9 Å². The Hall–Kier alpha value is -1.50. The second-order valence-corrected chi connectivity index (χ2v) is 7.16. The summed E-state index contributed by atoms with van der Waals surface area (Å²) in [6, 6.07) is 6.02. The standard InChI is InChI=1S/C19H29N3O3/c1-15-5-4-6-17(20-15)13-22-16(2)19(25-14-18(22)23)7-9-21(10-8-19)11-12-24-3/h4-6,16H,7-14H2,1-3H3/t16-/m0/s1. The van der Waals surface area contributed by atoms with E-state index in [0.717, 1.165) is 50.5 Å². The number of ether oxygens (including phenoxy) is 2. The number of aryl methyl sites for hydroxylation is 1. The molecule has 2 fully saturated rings. The Morgan fingerprint density at radius 3 is 2.80 bits per heavy atom. The van der Waals surface area contributed by atoms with Gasteiger partial charge in [0.2, 0.25) is 5.91 Å². The van der Waals surface area contributed by atoms with Crippen molar-refractivity contribution >= 4 is 5.91 Å². The van der Waals surface area contributed by atoms with Crippen LogP contribution < -0.4 is 0 Å². The van der Waals surface area contributed by atoms with Gasteiger partial charge in [0.15, 0.2) is 0 Å². The molecule has 1 amide bonds. The fourth-order valence-electron chi connectivity index (χ4n) is 3.93. The first-order valence-electron chi connectivity index (χ1n) is 9.11. The van der Waals surface area contributed by atoms with Crippen LogP contribution in [-0.4, -0.2) is 72.3 Å². The lowest BCUT2D eigenvalue weighted by molar-refractivity contribution is -0.188. The minimum atomic E-state index is -0.235. The van der Waals surface area contributed by atoms with Gasteiger partial charge in [0.05, 0.1) is 30.5 Å². The van der Waals surface area contributed by atoms with Crippen LogP contribution in [0.2, 0.25) is 0 Å². The number of pyridine rings is 1. The van der Waals surface area contributed by atoms with Gasteiger partial charge in [-0.2, -0.15) is 0 Å². The van der Waals surface area contributed by atoms with Gasteiger partial charge in [0.1, 0.15) is 6.61 Å². The molecule has 6 heteroatoms. The number of hydrogen-bond donors (Lipinski definition) is 0. The van der Waals surface area contributed by atoms with Crippen LogP contribution in [0.1, 0.15) is 31.2 Å². The summed E-state index contributed by atoms with van der Waals surface area (Å²) in [5.41, 5.74) is 1.68. The molecule has 2 aliphatic rings. The highest BCUT2D eigenvalue weighted by Crippen LogP contribution is 2.36. The largest absolute Gasteiger partial charge is 0.383 e. The Labute approximate surface area is 150 Å². The van der Waals surface area contributed by atoms with E-state index in [-0.39, 0.29) is 24.2 Å². The molecule has 1 aromatic rings. The number of hydrogen-bond acceptors (Lipinski definition) is 5. The average molecular weight is 347 g/mol. The molecule has 1 aromatic heterocycles. The van der Waals surface area contributed by atoms with E-state index in [1.165, 1.54) is 0 Å². The van der Waals surface area contributed by atoms with Crippen molar-refractivity contribution in [1.29, 1.82) is 0 Å².